The first kappa shape index (κ1) is 10.6. The molecule has 0 bridgehead atoms. The maximum absolute atomic E-state index is 7.45. The zero-order valence-electron chi connectivity index (χ0n) is 9.54. The normalized spacial score (nSPS) is 10.6. The zero-order chi connectivity index (χ0) is 11.7. The van der Waals surface area contributed by atoms with Crippen LogP contribution in [0.4, 0.5) is 0 Å². The second kappa shape index (κ2) is 3.93. The lowest BCUT2D eigenvalue weighted by Crippen LogP contribution is -2.13. The highest BCUT2D eigenvalue weighted by Crippen LogP contribution is 2.21. The van der Waals surface area contributed by atoms with Crippen LogP contribution >= 0.6 is 0 Å². The van der Waals surface area contributed by atoms with Crippen molar-refractivity contribution in [2.75, 3.05) is 0 Å². The molecule has 1 aromatic carbocycles. The van der Waals surface area contributed by atoms with Crippen LogP contribution in [0.2, 0.25) is 0 Å². The van der Waals surface area contributed by atoms with Gasteiger partial charge in [-0.15, -0.1) is 0 Å². The number of amidine groups is 1. The SMILES string of the molecule is CCc1cccc2c(C)cc(C(=N)N)nc12. The first-order chi connectivity index (χ1) is 7.63. The molecule has 3 heteroatoms. The summed E-state index contributed by atoms with van der Waals surface area (Å²) in [5.74, 6) is 0.0240. The van der Waals surface area contributed by atoms with Gasteiger partial charge in [0, 0.05) is 5.39 Å². The Morgan fingerprint density at radius 2 is 2.19 bits per heavy atom. The second-order valence-corrected chi connectivity index (χ2v) is 3.90. The van der Waals surface area contributed by atoms with Gasteiger partial charge < -0.3 is 5.73 Å². The highest BCUT2D eigenvalue weighted by Gasteiger charge is 2.07. The molecule has 0 atom stereocenters. The molecule has 0 spiro atoms. The molecule has 16 heavy (non-hydrogen) atoms. The smallest absolute Gasteiger partial charge is 0.141 e. The third kappa shape index (κ3) is 1.65. The minimum absolute atomic E-state index is 0.0240. The van der Waals surface area contributed by atoms with E-state index in [0.717, 1.165) is 22.9 Å². The second-order valence-electron chi connectivity index (χ2n) is 3.90. The summed E-state index contributed by atoms with van der Waals surface area (Å²) in [6, 6.07) is 8.03. The van der Waals surface area contributed by atoms with E-state index in [1.807, 2.05) is 19.1 Å². The first-order valence-corrected chi connectivity index (χ1v) is 5.37. The molecule has 2 aromatic rings. The third-order valence-corrected chi connectivity index (χ3v) is 2.79. The number of fused-ring (bicyclic) bond motifs is 1. The van der Waals surface area contributed by atoms with Crippen LogP contribution in [0.1, 0.15) is 23.7 Å². The van der Waals surface area contributed by atoms with Gasteiger partial charge in [0.25, 0.3) is 0 Å². The predicted octanol–water partition coefficient (Wildman–Crippen LogP) is 2.39. The van der Waals surface area contributed by atoms with E-state index in [9.17, 15) is 0 Å². The summed E-state index contributed by atoms with van der Waals surface area (Å²) in [4.78, 5) is 4.46. The third-order valence-electron chi connectivity index (χ3n) is 2.79. The van der Waals surface area contributed by atoms with E-state index < -0.39 is 0 Å². The van der Waals surface area contributed by atoms with Crippen molar-refractivity contribution >= 4 is 16.7 Å². The summed E-state index contributed by atoms with van der Waals surface area (Å²) in [6.07, 6.45) is 0.936. The van der Waals surface area contributed by atoms with E-state index in [1.54, 1.807) is 0 Å². The minimum atomic E-state index is 0.0240. The van der Waals surface area contributed by atoms with Crippen molar-refractivity contribution in [2.24, 2.45) is 5.73 Å². The van der Waals surface area contributed by atoms with Crippen LogP contribution in [-0.4, -0.2) is 10.8 Å². The molecule has 0 aliphatic carbocycles. The number of nitrogens with zero attached hydrogens (tertiary/aromatic N) is 1. The Labute approximate surface area is 94.8 Å². The van der Waals surface area contributed by atoms with Crippen LogP contribution in [0.25, 0.3) is 10.9 Å². The maximum Gasteiger partial charge on any atom is 0.141 e. The molecule has 0 fully saturated rings. The van der Waals surface area contributed by atoms with Gasteiger partial charge in [-0.1, -0.05) is 25.1 Å². The van der Waals surface area contributed by atoms with E-state index in [-0.39, 0.29) is 5.84 Å². The highest BCUT2D eigenvalue weighted by atomic mass is 14.8. The lowest BCUT2D eigenvalue weighted by molar-refractivity contribution is 1.14. The lowest BCUT2D eigenvalue weighted by atomic mass is 10.0. The molecule has 0 amide bonds. The van der Waals surface area contributed by atoms with E-state index in [0.29, 0.717) is 5.69 Å². The number of aromatic nitrogens is 1. The van der Waals surface area contributed by atoms with E-state index >= 15 is 0 Å². The van der Waals surface area contributed by atoms with Crippen LogP contribution in [0, 0.1) is 12.3 Å². The number of rotatable bonds is 2. The largest absolute Gasteiger partial charge is 0.382 e. The Balaban J connectivity index is 2.82. The number of hydrogen-bond acceptors (Lipinski definition) is 2. The van der Waals surface area contributed by atoms with Crippen LogP contribution < -0.4 is 5.73 Å². The predicted molar refractivity (Wildman–Crippen MR) is 66.9 cm³/mol. The van der Waals surface area contributed by atoms with Gasteiger partial charge in [0.05, 0.1) is 5.52 Å². The number of hydrogen-bond donors (Lipinski definition) is 2. The molecular formula is C13H15N3. The summed E-state index contributed by atoms with van der Waals surface area (Å²) in [5.41, 5.74) is 9.33. The van der Waals surface area contributed by atoms with Crippen molar-refractivity contribution in [1.82, 2.24) is 4.98 Å². The summed E-state index contributed by atoms with van der Waals surface area (Å²) in [5, 5.41) is 8.59. The molecule has 1 heterocycles. The number of benzene rings is 1. The van der Waals surface area contributed by atoms with Gasteiger partial charge >= 0.3 is 0 Å². The first-order valence-electron chi connectivity index (χ1n) is 5.37. The quantitative estimate of drug-likeness (QED) is 0.594. The molecular weight excluding hydrogens is 198 g/mol. The lowest BCUT2D eigenvalue weighted by Gasteiger charge is -2.08. The number of aryl methyl sites for hydroxylation is 2. The fourth-order valence-corrected chi connectivity index (χ4v) is 1.90. The molecule has 0 saturated carbocycles. The van der Waals surface area contributed by atoms with Crippen molar-refractivity contribution in [3.05, 3.63) is 41.1 Å². The zero-order valence-corrected chi connectivity index (χ0v) is 9.54. The number of nitrogen functional groups attached to an aromatic ring is 1. The van der Waals surface area contributed by atoms with Gasteiger partial charge in [-0.05, 0) is 30.5 Å². The maximum atomic E-state index is 7.45. The Morgan fingerprint density at radius 3 is 2.81 bits per heavy atom. The van der Waals surface area contributed by atoms with Gasteiger partial charge in [-0.3, -0.25) is 5.41 Å². The van der Waals surface area contributed by atoms with Crippen LogP contribution in [0.3, 0.4) is 0 Å². The van der Waals surface area contributed by atoms with Crippen LogP contribution in [-0.2, 0) is 6.42 Å². The Morgan fingerprint density at radius 1 is 1.44 bits per heavy atom. The van der Waals surface area contributed by atoms with Crippen molar-refractivity contribution in [2.45, 2.75) is 20.3 Å². The Hall–Kier alpha value is -1.90. The monoisotopic (exact) mass is 213 g/mol. The van der Waals surface area contributed by atoms with Gasteiger partial charge in [0.15, 0.2) is 0 Å². The molecule has 1 aromatic heterocycles. The summed E-state index contributed by atoms with van der Waals surface area (Å²) in [7, 11) is 0. The summed E-state index contributed by atoms with van der Waals surface area (Å²) >= 11 is 0. The summed E-state index contributed by atoms with van der Waals surface area (Å²) in [6.45, 7) is 4.13. The van der Waals surface area contributed by atoms with Crippen molar-refractivity contribution in [3.8, 4) is 0 Å². The van der Waals surface area contributed by atoms with Gasteiger partial charge in [-0.2, -0.15) is 0 Å². The molecule has 82 valence electrons. The minimum Gasteiger partial charge on any atom is -0.382 e. The van der Waals surface area contributed by atoms with Crippen LogP contribution in [0.5, 0.6) is 0 Å². The van der Waals surface area contributed by atoms with Crippen molar-refractivity contribution in [3.63, 3.8) is 0 Å². The number of nitrogens with one attached hydrogen (secondary N) is 1. The molecule has 0 aliphatic rings. The topological polar surface area (TPSA) is 62.8 Å². The Kier molecular flexibility index (Phi) is 2.60. The molecule has 3 nitrogen and oxygen atoms in total. The van der Waals surface area contributed by atoms with Crippen LogP contribution in [0.15, 0.2) is 24.3 Å². The molecule has 0 radical (unpaired) electrons. The molecule has 2 rings (SSSR count). The van der Waals surface area contributed by atoms with E-state index in [2.05, 4.69) is 24.0 Å². The standard InChI is InChI=1S/C13H15N3/c1-3-9-5-4-6-10-8(2)7-11(13(14)15)16-12(9)10/h4-7H,3H2,1-2H3,(H3,14,15). The molecule has 0 aliphatic heterocycles. The fourth-order valence-electron chi connectivity index (χ4n) is 1.90. The van der Waals surface area contributed by atoms with E-state index in [4.69, 9.17) is 11.1 Å². The Bertz CT molecular complexity index is 558. The fraction of sp³-hybridized carbons (Fsp3) is 0.231. The van der Waals surface area contributed by atoms with E-state index in [1.165, 1.54) is 5.56 Å². The average Bonchev–Trinajstić information content (AvgIpc) is 2.28. The van der Waals surface area contributed by atoms with Crippen molar-refractivity contribution < 1.29 is 0 Å². The molecule has 0 saturated heterocycles. The van der Waals surface area contributed by atoms with Gasteiger partial charge in [-0.25, -0.2) is 4.98 Å². The summed E-state index contributed by atoms with van der Waals surface area (Å²) < 4.78 is 0. The number of pyridine rings is 1. The molecule has 3 N–H and O–H groups in total. The number of nitrogens with two attached hydrogens (primary N) is 1. The number of para-hydroxylation sites is 1. The highest BCUT2D eigenvalue weighted by molar-refractivity contribution is 5.97. The van der Waals surface area contributed by atoms with Gasteiger partial charge in [0.1, 0.15) is 11.5 Å². The van der Waals surface area contributed by atoms with Crippen molar-refractivity contribution in [1.29, 1.82) is 5.41 Å². The average molecular weight is 213 g/mol. The molecule has 0 unspecified atom stereocenters. The van der Waals surface area contributed by atoms with Gasteiger partial charge in [0.2, 0.25) is 0 Å².